The highest BCUT2D eigenvalue weighted by Gasteiger charge is 2.39. The van der Waals surface area contributed by atoms with Crippen molar-refractivity contribution in [1.82, 2.24) is 9.78 Å². The average molecular weight is 319 g/mol. The summed E-state index contributed by atoms with van der Waals surface area (Å²) in [6.45, 7) is 2.14. The Morgan fingerprint density at radius 1 is 1.00 bits per heavy atom. The smallest absolute Gasteiger partial charge is 0.220 e. The fourth-order valence-electron chi connectivity index (χ4n) is 2.91. The molecule has 1 aliphatic rings. The summed E-state index contributed by atoms with van der Waals surface area (Å²) in [6.07, 6.45) is 0. The predicted octanol–water partition coefficient (Wildman–Crippen LogP) is 1.65. The molecule has 0 unspecified atom stereocenters. The van der Waals surface area contributed by atoms with Gasteiger partial charge in [0, 0.05) is 21.2 Å². The normalized spacial score (nSPS) is 12.9. The van der Waals surface area contributed by atoms with E-state index in [0.29, 0.717) is 10.5 Å². The van der Waals surface area contributed by atoms with Crippen molar-refractivity contribution >= 4 is 11.6 Å². The number of hydrogen-bond acceptors (Lipinski definition) is 4. The highest BCUT2D eigenvalue weighted by Crippen LogP contribution is 2.25. The molecule has 0 saturated heterocycles. The Bertz CT molecular complexity index is 987. The van der Waals surface area contributed by atoms with Gasteiger partial charge >= 0.3 is 0 Å². The second kappa shape index (κ2) is 5.13. The van der Waals surface area contributed by atoms with E-state index in [2.05, 4.69) is 5.10 Å². The molecule has 24 heavy (non-hydrogen) atoms. The van der Waals surface area contributed by atoms with Gasteiger partial charge in [0.15, 0.2) is 5.69 Å². The third kappa shape index (κ3) is 2.04. The van der Waals surface area contributed by atoms with E-state index in [1.807, 2.05) is 31.2 Å². The highest BCUT2D eigenvalue weighted by atomic mass is 16.5. The van der Waals surface area contributed by atoms with E-state index in [-0.39, 0.29) is 29.3 Å². The van der Waals surface area contributed by atoms with Gasteiger partial charge in [-0.15, -0.1) is 4.68 Å². The van der Waals surface area contributed by atoms with Gasteiger partial charge in [0.25, 0.3) is 0 Å². The van der Waals surface area contributed by atoms with Gasteiger partial charge in [-0.05, 0) is 12.5 Å². The van der Waals surface area contributed by atoms with Gasteiger partial charge in [-0.1, -0.05) is 54.1 Å². The third-order valence-corrected chi connectivity index (χ3v) is 4.17. The first-order valence-corrected chi connectivity index (χ1v) is 7.51. The van der Waals surface area contributed by atoms with E-state index in [9.17, 15) is 14.8 Å². The molecule has 3 aromatic rings. The van der Waals surface area contributed by atoms with Crippen LogP contribution in [0.2, 0.25) is 0 Å². The van der Waals surface area contributed by atoms with Crippen LogP contribution in [0.15, 0.2) is 48.5 Å². The molecule has 4 rings (SSSR count). The second-order valence-electron chi connectivity index (χ2n) is 5.80. The molecule has 0 atom stereocenters. The van der Waals surface area contributed by atoms with Crippen LogP contribution in [0.5, 0.6) is 0 Å². The standard InChI is InChI=1S/C18H13N3O3/c1-11-6-8-12(9-7-11)10-20-16-15(19-21(20)24)17(22)13-4-2-3-5-14(13)18(16)23/h2-9H,10H2,1H3. The highest BCUT2D eigenvalue weighted by molar-refractivity contribution is 6.26. The number of rotatable bonds is 2. The average Bonchev–Trinajstić information content (AvgIpc) is 2.92. The van der Waals surface area contributed by atoms with Crippen LogP contribution in [-0.4, -0.2) is 21.3 Å². The van der Waals surface area contributed by atoms with Crippen LogP contribution in [0.3, 0.4) is 0 Å². The molecule has 0 amide bonds. The number of benzene rings is 2. The summed E-state index contributed by atoms with van der Waals surface area (Å²) in [4.78, 5) is 25.6. The van der Waals surface area contributed by atoms with E-state index in [1.54, 1.807) is 24.3 Å². The third-order valence-electron chi connectivity index (χ3n) is 4.17. The van der Waals surface area contributed by atoms with Gasteiger partial charge in [0.2, 0.25) is 17.3 Å². The molecule has 1 heterocycles. The molecule has 1 aromatic heterocycles. The summed E-state index contributed by atoms with van der Waals surface area (Å²) in [6, 6.07) is 14.2. The Hall–Kier alpha value is -3.28. The first-order valence-electron chi connectivity index (χ1n) is 7.51. The number of hydrogen-bond donors (Lipinski definition) is 0. The molecule has 118 valence electrons. The van der Waals surface area contributed by atoms with Crippen molar-refractivity contribution in [3.8, 4) is 0 Å². The van der Waals surface area contributed by atoms with E-state index < -0.39 is 5.78 Å². The molecule has 0 fully saturated rings. The maximum absolute atomic E-state index is 12.8. The van der Waals surface area contributed by atoms with Crippen molar-refractivity contribution < 1.29 is 14.5 Å². The molecule has 6 nitrogen and oxygen atoms in total. The van der Waals surface area contributed by atoms with Crippen LogP contribution >= 0.6 is 0 Å². The van der Waals surface area contributed by atoms with Gasteiger partial charge in [-0.25, -0.2) is 0 Å². The minimum absolute atomic E-state index is 0.0503. The van der Waals surface area contributed by atoms with Gasteiger partial charge in [-0.3, -0.25) is 9.59 Å². The second-order valence-corrected chi connectivity index (χ2v) is 5.80. The molecule has 0 N–H and O–H groups in total. The van der Waals surface area contributed by atoms with Crippen LogP contribution in [0.25, 0.3) is 0 Å². The van der Waals surface area contributed by atoms with Crippen molar-refractivity contribution in [3.05, 3.63) is 87.4 Å². The van der Waals surface area contributed by atoms with Crippen LogP contribution in [0.1, 0.15) is 43.2 Å². The summed E-state index contributed by atoms with van der Waals surface area (Å²) < 4.78 is 1.20. The Labute approximate surface area is 137 Å². The lowest BCUT2D eigenvalue weighted by atomic mass is 9.90. The van der Waals surface area contributed by atoms with Crippen molar-refractivity contribution in [1.29, 1.82) is 0 Å². The fourth-order valence-corrected chi connectivity index (χ4v) is 2.91. The zero-order chi connectivity index (χ0) is 16.8. The Kier molecular flexibility index (Phi) is 3.06. The minimum atomic E-state index is -0.396. The summed E-state index contributed by atoms with van der Waals surface area (Å²) in [7, 11) is 0. The SMILES string of the molecule is Cc1ccc(Cn2c3c(n[n+]2[O-])C(=O)c2ccccc2C3=O)cc1. The number of carbonyl (C=O) groups is 2. The Morgan fingerprint density at radius 3 is 2.29 bits per heavy atom. The van der Waals surface area contributed by atoms with E-state index in [0.717, 1.165) is 11.1 Å². The first kappa shape index (κ1) is 14.3. The molecule has 0 radical (unpaired) electrons. The molecule has 0 saturated carbocycles. The van der Waals surface area contributed by atoms with Gasteiger partial charge in [0.05, 0.1) is 0 Å². The molecule has 0 spiro atoms. The Balaban J connectivity index is 1.84. The van der Waals surface area contributed by atoms with Crippen molar-refractivity contribution in [3.63, 3.8) is 0 Å². The largest absolute Gasteiger partial charge is 0.571 e. The first-order chi connectivity index (χ1) is 11.6. The molecule has 2 aromatic carbocycles. The summed E-state index contributed by atoms with van der Waals surface area (Å²) in [5, 5.41) is 15.9. The van der Waals surface area contributed by atoms with Crippen LogP contribution in [0, 0.1) is 12.1 Å². The van der Waals surface area contributed by atoms with Gasteiger partial charge in [-0.2, -0.15) is 0 Å². The fraction of sp³-hybridized carbons (Fsp3) is 0.111. The van der Waals surface area contributed by atoms with E-state index >= 15 is 0 Å². The Morgan fingerprint density at radius 2 is 1.62 bits per heavy atom. The lowest BCUT2D eigenvalue weighted by Crippen LogP contribution is -2.41. The van der Waals surface area contributed by atoms with Crippen molar-refractivity contribution in [2.45, 2.75) is 13.5 Å². The molecule has 1 aliphatic carbocycles. The lowest BCUT2D eigenvalue weighted by Gasteiger charge is -2.12. The predicted molar refractivity (Wildman–Crippen MR) is 84.8 cm³/mol. The zero-order valence-corrected chi connectivity index (χ0v) is 12.9. The van der Waals surface area contributed by atoms with Crippen molar-refractivity contribution in [2.24, 2.45) is 0 Å². The van der Waals surface area contributed by atoms with Gasteiger partial charge in [0.1, 0.15) is 6.54 Å². The quantitative estimate of drug-likeness (QED) is 0.416. The number of fused-ring (bicyclic) bond motifs is 2. The molecular formula is C18H13N3O3. The molecule has 0 aliphatic heterocycles. The monoisotopic (exact) mass is 319 g/mol. The maximum atomic E-state index is 12.8. The number of nitrogens with zero attached hydrogens (tertiary/aromatic N) is 3. The summed E-state index contributed by atoms with van der Waals surface area (Å²) in [5.41, 5.74) is 2.51. The van der Waals surface area contributed by atoms with Crippen LogP contribution in [-0.2, 0) is 6.54 Å². The van der Waals surface area contributed by atoms with E-state index in [1.165, 1.54) is 4.68 Å². The van der Waals surface area contributed by atoms with Crippen LogP contribution in [0.4, 0.5) is 0 Å². The molecule has 6 heteroatoms. The molecule has 0 bridgehead atoms. The summed E-state index contributed by atoms with van der Waals surface area (Å²) in [5.74, 6) is -0.748. The van der Waals surface area contributed by atoms with Crippen LogP contribution < -0.4 is 4.96 Å². The maximum Gasteiger partial charge on any atom is 0.220 e. The number of aryl methyl sites for hydroxylation is 1. The van der Waals surface area contributed by atoms with Gasteiger partial charge < -0.3 is 5.21 Å². The minimum Gasteiger partial charge on any atom is -0.571 e. The lowest BCUT2D eigenvalue weighted by molar-refractivity contribution is -0.748. The zero-order valence-electron chi connectivity index (χ0n) is 12.9. The number of carbonyl (C=O) groups excluding carboxylic acids is 2. The van der Waals surface area contributed by atoms with E-state index in [4.69, 9.17) is 0 Å². The van der Waals surface area contributed by atoms with Crippen molar-refractivity contribution in [2.75, 3.05) is 0 Å². The topological polar surface area (TPSA) is 78.9 Å². The summed E-state index contributed by atoms with van der Waals surface area (Å²) >= 11 is 0. The molecular weight excluding hydrogens is 306 g/mol. The number of ketones is 2. The number of aromatic nitrogens is 3.